The average Bonchev–Trinajstić information content (AvgIpc) is 2.77. The predicted octanol–water partition coefficient (Wildman–Crippen LogP) is 5.30. The summed E-state index contributed by atoms with van der Waals surface area (Å²) in [7, 11) is 3.06. The lowest BCUT2D eigenvalue weighted by Gasteiger charge is -2.17. The van der Waals surface area contributed by atoms with Crippen LogP contribution in [0.5, 0.6) is 11.5 Å². The smallest absolute Gasteiger partial charge is 0.323 e. The van der Waals surface area contributed by atoms with Crippen LogP contribution in [0.3, 0.4) is 0 Å². The zero-order valence-electron chi connectivity index (χ0n) is 17.5. The minimum absolute atomic E-state index is 0.447. The second kappa shape index (κ2) is 10.0. The number of carbonyl (C=O) groups is 2. The molecule has 0 aliphatic rings. The molecule has 8 nitrogen and oxygen atoms in total. The fourth-order valence-electron chi connectivity index (χ4n) is 2.98. The Labute approximate surface area is 180 Å². The van der Waals surface area contributed by atoms with E-state index in [0.29, 0.717) is 34.2 Å². The third-order valence-corrected chi connectivity index (χ3v) is 4.47. The zero-order valence-corrected chi connectivity index (χ0v) is 17.5. The van der Waals surface area contributed by atoms with Gasteiger partial charge in [0.2, 0.25) is 0 Å². The molecule has 31 heavy (non-hydrogen) atoms. The molecule has 3 rings (SSSR count). The molecule has 0 fully saturated rings. The van der Waals surface area contributed by atoms with E-state index in [1.165, 1.54) is 14.2 Å². The highest BCUT2D eigenvalue weighted by Gasteiger charge is 2.14. The molecule has 8 heteroatoms. The molecular weight excluding hydrogens is 396 g/mol. The number of para-hydroxylation sites is 5. The maximum absolute atomic E-state index is 12.6. The Hall–Kier alpha value is -4.20. The van der Waals surface area contributed by atoms with E-state index in [9.17, 15) is 9.59 Å². The standard InChI is InChI=1S/C23H24N4O4/c1-15-9-8-12-18(26-22(28)24-16-10-4-6-13-19(16)30-2)21(15)27-23(29)25-17-11-5-7-14-20(17)31-3/h4-14H,1-3H3,(H2,24,26,28)(H2,25,27,29). The number of hydrogen-bond donors (Lipinski definition) is 4. The third kappa shape index (κ3) is 5.45. The molecule has 0 saturated carbocycles. The number of nitrogens with one attached hydrogen (secondary N) is 4. The number of ether oxygens (including phenoxy) is 2. The van der Waals surface area contributed by atoms with Crippen molar-refractivity contribution >= 4 is 34.8 Å². The summed E-state index contributed by atoms with van der Waals surface area (Å²) >= 11 is 0. The minimum Gasteiger partial charge on any atom is -0.495 e. The van der Waals surface area contributed by atoms with Gasteiger partial charge < -0.3 is 30.7 Å². The maximum atomic E-state index is 12.6. The van der Waals surface area contributed by atoms with Crippen molar-refractivity contribution in [2.24, 2.45) is 0 Å². The summed E-state index contributed by atoms with van der Waals surface area (Å²) in [4.78, 5) is 25.1. The van der Waals surface area contributed by atoms with Gasteiger partial charge in [-0.3, -0.25) is 0 Å². The molecule has 0 heterocycles. The molecule has 0 unspecified atom stereocenters. The molecule has 4 amide bonds. The van der Waals surface area contributed by atoms with E-state index in [0.717, 1.165) is 5.56 Å². The van der Waals surface area contributed by atoms with Crippen LogP contribution in [0.4, 0.5) is 32.3 Å². The molecule has 0 atom stereocenters. The van der Waals surface area contributed by atoms with Crippen molar-refractivity contribution < 1.29 is 19.1 Å². The first-order chi connectivity index (χ1) is 15.0. The first-order valence-electron chi connectivity index (χ1n) is 9.53. The van der Waals surface area contributed by atoms with Crippen LogP contribution >= 0.6 is 0 Å². The highest BCUT2D eigenvalue weighted by molar-refractivity contribution is 6.07. The molecule has 0 bridgehead atoms. The largest absolute Gasteiger partial charge is 0.495 e. The van der Waals surface area contributed by atoms with Crippen LogP contribution in [0.25, 0.3) is 0 Å². The number of hydrogen-bond acceptors (Lipinski definition) is 4. The average molecular weight is 420 g/mol. The van der Waals surface area contributed by atoms with Crippen LogP contribution < -0.4 is 30.7 Å². The molecule has 0 aliphatic carbocycles. The van der Waals surface area contributed by atoms with Gasteiger partial charge in [-0.1, -0.05) is 36.4 Å². The predicted molar refractivity (Wildman–Crippen MR) is 122 cm³/mol. The van der Waals surface area contributed by atoms with E-state index in [4.69, 9.17) is 9.47 Å². The minimum atomic E-state index is -0.469. The Morgan fingerprint density at radius 3 is 1.61 bits per heavy atom. The molecule has 0 saturated heterocycles. The van der Waals surface area contributed by atoms with E-state index in [2.05, 4.69) is 21.3 Å². The fraction of sp³-hybridized carbons (Fsp3) is 0.130. The van der Waals surface area contributed by atoms with Gasteiger partial charge in [-0.2, -0.15) is 0 Å². The summed E-state index contributed by atoms with van der Waals surface area (Å²) in [5.74, 6) is 1.08. The van der Waals surface area contributed by atoms with Gasteiger partial charge in [0.1, 0.15) is 11.5 Å². The molecule has 0 radical (unpaired) electrons. The van der Waals surface area contributed by atoms with E-state index >= 15 is 0 Å². The Morgan fingerprint density at radius 1 is 0.613 bits per heavy atom. The highest BCUT2D eigenvalue weighted by atomic mass is 16.5. The van der Waals surface area contributed by atoms with Crippen molar-refractivity contribution in [1.82, 2.24) is 0 Å². The van der Waals surface area contributed by atoms with Crippen molar-refractivity contribution in [2.75, 3.05) is 35.5 Å². The number of amides is 4. The Kier molecular flexibility index (Phi) is 6.95. The maximum Gasteiger partial charge on any atom is 0.323 e. The summed E-state index contributed by atoms with van der Waals surface area (Å²) in [6.07, 6.45) is 0. The van der Waals surface area contributed by atoms with Gasteiger partial charge in [0.15, 0.2) is 0 Å². The zero-order chi connectivity index (χ0) is 22.2. The van der Waals surface area contributed by atoms with Gasteiger partial charge in [-0.25, -0.2) is 9.59 Å². The van der Waals surface area contributed by atoms with Gasteiger partial charge in [0, 0.05) is 0 Å². The lowest BCUT2D eigenvalue weighted by atomic mass is 10.1. The molecular formula is C23H24N4O4. The number of rotatable bonds is 6. The molecule has 160 valence electrons. The SMILES string of the molecule is COc1ccccc1NC(=O)Nc1cccc(C)c1NC(=O)Nc1ccccc1OC. The first-order valence-corrected chi connectivity index (χ1v) is 9.53. The number of carbonyl (C=O) groups excluding carboxylic acids is 2. The van der Waals surface area contributed by atoms with Gasteiger partial charge in [-0.05, 0) is 42.8 Å². The van der Waals surface area contributed by atoms with Gasteiger partial charge >= 0.3 is 12.1 Å². The lowest BCUT2D eigenvalue weighted by molar-refractivity contribution is 0.261. The highest BCUT2D eigenvalue weighted by Crippen LogP contribution is 2.28. The molecule has 3 aromatic rings. The third-order valence-electron chi connectivity index (χ3n) is 4.47. The fourth-order valence-corrected chi connectivity index (χ4v) is 2.98. The monoisotopic (exact) mass is 420 g/mol. The van der Waals surface area contributed by atoms with Gasteiger partial charge in [-0.15, -0.1) is 0 Å². The quantitative estimate of drug-likeness (QED) is 0.435. The Bertz CT molecular complexity index is 1080. The van der Waals surface area contributed by atoms with Crippen molar-refractivity contribution in [2.45, 2.75) is 6.92 Å². The Balaban J connectivity index is 1.74. The number of aryl methyl sites for hydroxylation is 1. The van der Waals surface area contributed by atoms with Crippen molar-refractivity contribution in [3.63, 3.8) is 0 Å². The summed E-state index contributed by atoms with van der Waals surface area (Å²) < 4.78 is 10.5. The summed E-state index contributed by atoms with van der Waals surface area (Å²) in [6, 6.07) is 18.6. The second-order valence-electron chi connectivity index (χ2n) is 6.56. The topological polar surface area (TPSA) is 101 Å². The molecule has 0 spiro atoms. The van der Waals surface area contributed by atoms with E-state index in [-0.39, 0.29) is 0 Å². The summed E-state index contributed by atoms with van der Waals surface area (Å²) in [5, 5.41) is 11.1. The molecule has 0 aromatic heterocycles. The first kappa shape index (κ1) is 21.5. The normalized spacial score (nSPS) is 10.0. The molecule has 4 N–H and O–H groups in total. The Morgan fingerprint density at radius 2 is 1.06 bits per heavy atom. The summed E-state index contributed by atoms with van der Waals surface area (Å²) in [6.45, 7) is 1.84. The van der Waals surface area contributed by atoms with Gasteiger partial charge in [0.25, 0.3) is 0 Å². The molecule has 0 aliphatic heterocycles. The van der Waals surface area contributed by atoms with Crippen LogP contribution in [-0.4, -0.2) is 26.3 Å². The van der Waals surface area contributed by atoms with Crippen LogP contribution in [0.2, 0.25) is 0 Å². The van der Waals surface area contributed by atoms with Crippen LogP contribution in [0.1, 0.15) is 5.56 Å². The van der Waals surface area contributed by atoms with Crippen molar-refractivity contribution in [1.29, 1.82) is 0 Å². The number of urea groups is 2. The number of anilines is 4. The molecule has 3 aromatic carbocycles. The lowest BCUT2D eigenvalue weighted by Crippen LogP contribution is -2.24. The van der Waals surface area contributed by atoms with Crippen LogP contribution in [-0.2, 0) is 0 Å². The van der Waals surface area contributed by atoms with Crippen molar-refractivity contribution in [3.05, 3.63) is 72.3 Å². The van der Waals surface area contributed by atoms with E-state index in [1.54, 1.807) is 48.5 Å². The van der Waals surface area contributed by atoms with E-state index < -0.39 is 12.1 Å². The van der Waals surface area contributed by atoms with Crippen LogP contribution in [0, 0.1) is 6.92 Å². The number of benzene rings is 3. The van der Waals surface area contributed by atoms with Gasteiger partial charge in [0.05, 0.1) is 37.0 Å². The number of methoxy groups -OCH3 is 2. The second-order valence-corrected chi connectivity index (χ2v) is 6.56. The van der Waals surface area contributed by atoms with E-state index in [1.807, 2.05) is 25.1 Å². The van der Waals surface area contributed by atoms with Crippen LogP contribution in [0.15, 0.2) is 66.7 Å². The van der Waals surface area contributed by atoms with Crippen molar-refractivity contribution in [3.8, 4) is 11.5 Å². The summed E-state index contributed by atoms with van der Waals surface area (Å²) in [5.41, 5.74) is 2.76.